The first kappa shape index (κ1) is 18.8. The fourth-order valence-corrected chi connectivity index (χ4v) is 3.34. The highest BCUT2D eigenvalue weighted by Crippen LogP contribution is 2.35. The van der Waals surface area contributed by atoms with Gasteiger partial charge in [-0.25, -0.2) is 14.4 Å². The van der Waals surface area contributed by atoms with Crippen molar-refractivity contribution in [1.82, 2.24) is 20.2 Å². The number of benzene rings is 1. The van der Waals surface area contributed by atoms with Crippen LogP contribution in [0.2, 0.25) is 0 Å². The number of hydrogen-bond acceptors (Lipinski definition) is 7. The molecule has 2 heterocycles. The maximum Gasteiger partial charge on any atom is 0.158 e. The first-order chi connectivity index (χ1) is 14.0. The van der Waals surface area contributed by atoms with Gasteiger partial charge < -0.3 is 15.8 Å². The number of aromatic amines is 1. The Morgan fingerprint density at radius 2 is 2.10 bits per heavy atom. The summed E-state index contributed by atoms with van der Waals surface area (Å²) in [6, 6.07) is 6.96. The third-order valence-corrected chi connectivity index (χ3v) is 4.87. The molecule has 8 nitrogen and oxygen atoms in total. The van der Waals surface area contributed by atoms with E-state index in [1.54, 1.807) is 19.1 Å². The summed E-state index contributed by atoms with van der Waals surface area (Å²) < 4.78 is 20.3. The van der Waals surface area contributed by atoms with Crippen LogP contribution in [0.15, 0.2) is 30.6 Å². The molecule has 0 unspecified atom stereocenters. The third kappa shape index (κ3) is 4.17. The minimum atomic E-state index is -0.322. The first-order valence-electron chi connectivity index (χ1n) is 9.29. The Morgan fingerprint density at radius 3 is 2.79 bits per heavy atom. The van der Waals surface area contributed by atoms with Gasteiger partial charge in [0.05, 0.1) is 18.1 Å². The normalized spacial score (nSPS) is 18.4. The average Bonchev–Trinajstić information content (AvgIpc) is 3.34. The number of aryl methyl sites for hydroxylation is 1. The molecule has 1 fully saturated rings. The fourth-order valence-electron chi connectivity index (χ4n) is 3.34. The number of halogens is 1. The van der Waals surface area contributed by atoms with Crippen LogP contribution in [0.1, 0.15) is 30.5 Å². The first-order valence-corrected chi connectivity index (χ1v) is 9.29. The predicted molar refractivity (Wildman–Crippen MR) is 105 cm³/mol. The number of hydrogen-bond donors (Lipinski definition) is 3. The van der Waals surface area contributed by atoms with Crippen LogP contribution in [-0.4, -0.2) is 32.3 Å². The zero-order chi connectivity index (χ0) is 20.4. The number of nitrogens with one attached hydrogen (secondary N) is 2. The van der Waals surface area contributed by atoms with Crippen molar-refractivity contribution >= 4 is 11.6 Å². The number of nitriles is 1. The predicted octanol–water partition coefficient (Wildman–Crippen LogP) is 3.19. The Balaban J connectivity index is 1.59. The Labute approximate surface area is 166 Å². The zero-order valence-corrected chi connectivity index (χ0v) is 15.8. The van der Waals surface area contributed by atoms with E-state index in [1.807, 2.05) is 6.07 Å². The van der Waals surface area contributed by atoms with Crippen molar-refractivity contribution in [2.75, 3.05) is 5.32 Å². The maximum absolute atomic E-state index is 14.2. The van der Waals surface area contributed by atoms with E-state index < -0.39 is 0 Å². The molecule has 0 saturated heterocycles. The second-order valence-electron chi connectivity index (χ2n) is 7.10. The van der Waals surface area contributed by atoms with Crippen molar-refractivity contribution in [3.63, 3.8) is 0 Å². The Kier molecular flexibility index (Phi) is 5.10. The van der Waals surface area contributed by atoms with Gasteiger partial charge in [-0.2, -0.15) is 10.4 Å². The number of aromatic nitrogens is 4. The number of ether oxygens (including phenoxy) is 1. The van der Waals surface area contributed by atoms with Gasteiger partial charge in [0.2, 0.25) is 0 Å². The van der Waals surface area contributed by atoms with Crippen molar-refractivity contribution in [3.05, 3.63) is 47.7 Å². The largest absolute Gasteiger partial charge is 0.490 e. The zero-order valence-electron chi connectivity index (χ0n) is 15.8. The van der Waals surface area contributed by atoms with Crippen LogP contribution in [0.5, 0.6) is 5.75 Å². The van der Waals surface area contributed by atoms with E-state index in [0.717, 1.165) is 24.8 Å². The van der Waals surface area contributed by atoms with Crippen LogP contribution < -0.4 is 15.8 Å². The Bertz CT molecular complexity index is 1060. The number of rotatable bonds is 5. The minimum Gasteiger partial charge on any atom is -0.490 e. The van der Waals surface area contributed by atoms with Gasteiger partial charge in [-0.1, -0.05) is 0 Å². The lowest BCUT2D eigenvalue weighted by atomic mass is 10.1. The number of nitrogens with zero attached hydrogens (tertiary/aromatic N) is 4. The van der Waals surface area contributed by atoms with Crippen molar-refractivity contribution in [2.24, 2.45) is 5.73 Å². The van der Waals surface area contributed by atoms with Crippen molar-refractivity contribution in [1.29, 1.82) is 5.26 Å². The lowest BCUT2D eigenvalue weighted by Gasteiger charge is -2.17. The summed E-state index contributed by atoms with van der Waals surface area (Å²) in [6.45, 7) is 1.70. The summed E-state index contributed by atoms with van der Waals surface area (Å²) in [5.74, 6) is 1.10. The van der Waals surface area contributed by atoms with E-state index in [1.165, 1.54) is 18.5 Å². The van der Waals surface area contributed by atoms with Crippen LogP contribution in [0.25, 0.3) is 11.3 Å². The molecule has 148 valence electrons. The molecule has 0 spiro atoms. The molecule has 2 atom stereocenters. The van der Waals surface area contributed by atoms with Crippen molar-refractivity contribution in [3.8, 4) is 23.1 Å². The van der Waals surface area contributed by atoms with Gasteiger partial charge in [-0.05, 0) is 37.8 Å². The second-order valence-corrected chi connectivity index (χ2v) is 7.10. The van der Waals surface area contributed by atoms with Crippen molar-refractivity contribution in [2.45, 2.75) is 38.3 Å². The van der Waals surface area contributed by atoms with Crippen LogP contribution in [0, 0.1) is 24.1 Å². The lowest BCUT2D eigenvalue weighted by Crippen LogP contribution is -2.19. The summed E-state index contributed by atoms with van der Waals surface area (Å²) in [4.78, 5) is 8.07. The molecule has 0 amide bonds. The van der Waals surface area contributed by atoms with Crippen LogP contribution in [0.3, 0.4) is 0 Å². The van der Waals surface area contributed by atoms with Gasteiger partial charge in [0, 0.05) is 23.7 Å². The highest BCUT2D eigenvalue weighted by atomic mass is 19.1. The summed E-state index contributed by atoms with van der Waals surface area (Å²) in [6.07, 6.45) is 5.30. The molecule has 9 heteroatoms. The van der Waals surface area contributed by atoms with E-state index >= 15 is 0 Å². The van der Waals surface area contributed by atoms with Gasteiger partial charge in [-0.3, -0.25) is 5.10 Å². The molecule has 0 bridgehead atoms. The molecule has 1 aliphatic rings. The van der Waals surface area contributed by atoms with Gasteiger partial charge in [0.25, 0.3) is 0 Å². The summed E-state index contributed by atoms with van der Waals surface area (Å²) in [7, 11) is 0. The molecule has 3 aromatic rings. The van der Waals surface area contributed by atoms with Crippen molar-refractivity contribution < 1.29 is 9.13 Å². The third-order valence-electron chi connectivity index (χ3n) is 4.87. The smallest absolute Gasteiger partial charge is 0.158 e. The van der Waals surface area contributed by atoms with E-state index in [4.69, 9.17) is 15.7 Å². The topological polar surface area (TPSA) is 126 Å². The molecule has 1 aromatic carbocycles. The van der Waals surface area contributed by atoms with E-state index in [9.17, 15) is 4.39 Å². The second kappa shape index (κ2) is 7.85. The van der Waals surface area contributed by atoms with Crippen LogP contribution >= 0.6 is 0 Å². The van der Waals surface area contributed by atoms with Crippen LogP contribution in [-0.2, 0) is 0 Å². The number of nitrogens with two attached hydrogens (primary N) is 1. The van der Waals surface area contributed by atoms with Crippen LogP contribution in [0.4, 0.5) is 16.0 Å². The molecule has 1 saturated carbocycles. The SMILES string of the molecule is Cc1cc(-c2cc(Nc3cnc(C#N)cn3)n[nH]2)c(O[C@@H]2CC[C@H](N)C2)cc1F. The monoisotopic (exact) mass is 393 g/mol. The van der Waals surface area contributed by atoms with E-state index in [-0.39, 0.29) is 23.7 Å². The molecular formula is C20H20FN7O. The standard InChI is InChI=1S/C20H20FN7O/c1-11-4-15(18(6-16(11)21)29-14-3-2-12(23)5-14)17-7-19(28-27-17)26-20-10-24-13(8-22)9-25-20/h4,6-7,9-10,12,14H,2-3,5,23H2,1H3,(H2,25,26,27,28)/t12-,14+/m0/s1. The number of anilines is 2. The average molecular weight is 393 g/mol. The summed E-state index contributed by atoms with van der Waals surface area (Å²) in [5.41, 5.74) is 8.11. The molecule has 2 aromatic heterocycles. The molecule has 29 heavy (non-hydrogen) atoms. The Morgan fingerprint density at radius 1 is 1.24 bits per heavy atom. The van der Waals surface area contributed by atoms with Gasteiger partial charge in [-0.15, -0.1) is 0 Å². The Hall–Kier alpha value is -3.51. The lowest BCUT2D eigenvalue weighted by molar-refractivity contribution is 0.208. The summed E-state index contributed by atoms with van der Waals surface area (Å²) >= 11 is 0. The molecule has 0 aliphatic heterocycles. The highest BCUT2D eigenvalue weighted by Gasteiger charge is 2.25. The fraction of sp³-hybridized carbons (Fsp3) is 0.300. The minimum absolute atomic E-state index is 0.0275. The molecule has 1 aliphatic carbocycles. The maximum atomic E-state index is 14.2. The van der Waals surface area contributed by atoms with Gasteiger partial charge in [0.1, 0.15) is 29.6 Å². The van der Waals surface area contributed by atoms with Gasteiger partial charge >= 0.3 is 0 Å². The molecule has 0 radical (unpaired) electrons. The summed E-state index contributed by atoms with van der Waals surface area (Å²) in [5, 5.41) is 19.0. The van der Waals surface area contributed by atoms with E-state index in [2.05, 4.69) is 25.5 Å². The molecule has 4 rings (SSSR count). The molecule has 4 N–H and O–H groups in total. The number of H-pyrrole nitrogens is 1. The highest BCUT2D eigenvalue weighted by molar-refractivity contribution is 5.71. The van der Waals surface area contributed by atoms with E-state index in [0.29, 0.717) is 28.6 Å². The molecular weight excluding hydrogens is 373 g/mol. The van der Waals surface area contributed by atoms with Gasteiger partial charge in [0.15, 0.2) is 11.5 Å². The quantitative estimate of drug-likeness (QED) is 0.608.